The van der Waals surface area contributed by atoms with Gasteiger partial charge in [0.25, 0.3) is 0 Å². The minimum absolute atomic E-state index is 0.00528. The maximum atomic E-state index is 12.8. The quantitative estimate of drug-likeness (QED) is 0.404. The highest BCUT2D eigenvalue weighted by Crippen LogP contribution is 2.34. The molecule has 4 nitrogen and oxygen atoms in total. The van der Waals surface area contributed by atoms with Gasteiger partial charge in [-0.05, 0) is 64.8 Å². The lowest BCUT2D eigenvalue weighted by atomic mass is 9.93. The van der Waals surface area contributed by atoms with Gasteiger partial charge < -0.3 is 4.57 Å². The third kappa shape index (κ3) is 3.87. The normalized spacial score (nSPS) is 13.9. The summed E-state index contributed by atoms with van der Waals surface area (Å²) < 4.78 is 2.08. The SMILES string of the molecule is CCCc1nc2ccccc(=O)c2n1Cc1ccc2c(c1)CCc1ccccc1/C2=C\C#N. The van der Waals surface area contributed by atoms with Gasteiger partial charge in [-0.3, -0.25) is 4.79 Å². The number of allylic oxidation sites excluding steroid dienone is 1. The zero-order valence-corrected chi connectivity index (χ0v) is 18.7. The van der Waals surface area contributed by atoms with E-state index in [0.717, 1.165) is 59.3 Å². The number of rotatable bonds is 4. The van der Waals surface area contributed by atoms with E-state index in [1.165, 1.54) is 11.1 Å². The Morgan fingerprint density at radius 1 is 1.00 bits per heavy atom. The molecule has 3 aromatic carbocycles. The zero-order valence-electron chi connectivity index (χ0n) is 18.7. The van der Waals surface area contributed by atoms with Gasteiger partial charge in [-0.1, -0.05) is 61.5 Å². The molecule has 4 aromatic rings. The summed E-state index contributed by atoms with van der Waals surface area (Å²) in [5, 5.41) is 9.45. The molecular formula is C29H25N3O. The molecular weight excluding hydrogens is 406 g/mol. The first kappa shape index (κ1) is 20.9. The number of hydrogen-bond acceptors (Lipinski definition) is 3. The predicted octanol–water partition coefficient (Wildman–Crippen LogP) is 5.45. The second-order valence-corrected chi connectivity index (χ2v) is 8.52. The lowest BCUT2D eigenvalue weighted by Crippen LogP contribution is -2.10. The summed E-state index contributed by atoms with van der Waals surface area (Å²) in [6, 6.07) is 24.3. The van der Waals surface area contributed by atoms with E-state index in [2.05, 4.69) is 54.0 Å². The molecule has 0 N–H and O–H groups in total. The molecule has 4 heteroatoms. The van der Waals surface area contributed by atoms with Gasteiger partial charge in [-0.2, -0.15) is 5.26 Å². The van der Waals surface area contributed by atoms with Crippen LogP contribution in [-0.2, 0) is 25.8 Å². The topological polar surface area (TPSA) is 58.7 Å². The monoisotopic (exact) mass is 431 g/mol. The summed E-state index contributed by atoms with van der Waals surface area (Å²) in [6.45, 7) is 2.73. The largest absolute Gasteiger partial charge is 0.320 e. The molecule has 0 radical (unpaired) electrons. The van der Waals surface area contributed by atoms with Crippen LogP contribution >= 0.6 is 0 Å². The van der Waals surface area contributed by atoms with Crippen molar-refractivity contribution in [1.29, 1.82) is 5.26 Å². The zero-order chi connectivity index (χ0) is 22.8. The van der Waals surface area contributed by atoms with Crippen molar-refractivity contribution >= 4 is 16.6 Å². The predicted molar refractivity (Wildman–Crippen MR) is 132 cm³/mol. The van der Waals surface area contributed by atoms with Crippen molar-refractivity contribution in [1.82, 2.24) is 9.55 Å². The van der Waals surface area contributed by atoms with Crippen molar-refractivity contribution in [2.45, 2.75) is 39.2 Å². The summed E-state index contributed by atoms with van der Waals surface area (Å²) in [4.78, 5) is 17.6. The van der Waals surface area contributed by atoms with E-state index in [1.54, 1.807) is 18.2 Å². The lowest BCUT2D eigenvalue weighted by Gasteiger charge is -2.14. The van der Waals surface area contributed by atoms with Crippen LogP contribution in [0.2, 0.25) is 0 Å². The number of aromatic nitrogens is 2. The first-order valence-corrected chi connectivity index (χ1v) is 11.5. The third-order valence-electron chi connectivity index (χ3n) is 6.37. The van der Waals surface area contributed by atoms with Gasteiger partial charge in [0.05, 0.1) is 11.6 Å². The van der Waals surface area contributed by atoms with Crippen molar-refractivity contribution in [2.75, 3.05) is 0 Å². The van der Waals surface area contributed by atoms with Crippen LogP contribution in [0.15, 0.2) is 77.6 Å². The van der Waals surface area contributed by atoms with Crippen molar-refractivity contribution in [3.05, 3.63) is 117 Å². The van der Waals surface area contributed by atoms with Gasteiger partial charge in [0.15, 0.2) is 0 Å². The Morgan fingerprint density at radius 2 is 1.76 bits per heavy atom. The Balaban J connectivity index is 1.61. The number of nitriles is 1. The fraction of sp³-hybridized carbons (Fsp3) is 0.207. The number of imidazole rings is 1. The van der Waals surface area contributed by atoms with Gasteiger partial charge >= 0.3 is 0 Å². The van der Waals surface area contributed by atoms with E-state index >= 15 is 0 Å². The van der Waals surface area contributed by atoms with E-state index in [9.17, 15) is 10.1 Å². The highest BCUT2D eigenvalue weighted by atomic mass is 16.1. The van der Waals surface area contributed by atoms with Gasteiger partial charge in [0, 0.05) is 19.0 Å². The van der Waals surface area contributed by atoms with Gasteiger partial charge in [-0.15, -0.1) is 0 Å². The van der Waals surface area contributed by atoms with Crippen LogP contribution in [0.1, 0.15) is 47.0 Å². The van der Waals surface area contributed by atoms with Gasteiger partial charge in [-0.25, -0.2) is 4.98 Å². The molecule has 0 atom stereocenters. The smallest absolute Gasteiger partial charge is 0.204 e. The number of hydrogen-bond donors (Lipinski definition) is 0. The van der Waals surface area contributed by atoms with E-state index < -0.39 is 0 Å². The minimum Gasteiger partial charge on any atom is -0.320 e. The van der Waals surface area contributed by atoms with Crippen LogP contribution in [0.4, 0.5) is 0 Å². The fourth-order valence-corrected chi connectivity index (χ4v) is 4.88. The van der Waals surface area contributed by atoms with E-state index in [1.807, 2.05) is 18.2 Å². The standard InChI is InChI=1S/C29H25N3O/c1-2-7-28-31-26-10-5-6-11-27(33)29(26)32(28)19-20-12-15-24-22(18-20)14-13-21-8-3-4-9-23(21)25(24)16-17-30/h3-6,8-12,15-16,18H,2,7,13-14,19H2,1H3/b25-16+. The average Bonchev–Trinajstić information content (AvgIpc) is 2.95. The van der Waals surface area contributed by atoms with Crippen LogP contribution in [0.5, 0.6) is 0 Å². The summed E-state index contributed by atoms with van der Waals surface area (Å²) in [6.07, 6.45) is 5.30. The van der Waals surface area contributed by atoms with E-state index in [0.29, 0.717) is 12.1 Å². The molecule has 5 rings (SSSR count). The molecule has 162 valence electrons. The Hall–Kier alpha value is -3.97. The Labute approximate surface area is 193 Å². The summed E-state index contributed by atoms with van der Waals surface area (Å²) in [5.74, 6) is 0.947. The Bertz CT molecular complexity index is 1490. The molecule has 0 aliphatic heterocycles. The van der Waals surface area contributed by atoms with Crippen LogP contribution in [-0.4, -0.2) is 9.55 Å². The van der Waals surface area contributed by atoms with Crippen molar-refractivity contribution < 1.29 is 0 Å². The highest BCUT2D eigenvalue weighted by molar-refractivity contribution is 5.85. The molecule has 33 heavy (non-hydrogen) atoms. The molecule has 0 unspecified atom stereocenters. The molecule has 1 aromatic heterocycles. The molecule has 0 amide bonds. The fourth-order valence-electron chi connectivity index (χ4n) is 4.88. The van der Waals surface area contributed by atoms with Crippen molar-refractivity contribution in [2.24, 2.45) is 0 Å². The molecule has 1 aliphatic rings. The highest BCUT2D eigenvalue weighted by Gasteiger charge is 2.19. The number of fused-ring (bicyclic) bond motifs is 3. The molecule has 0 bridgehead atoms. The molecule has 0 saturated heterocycles. The maximum Gasteiger partial charge on any atom is 0.204 e. The van der Waals surface area contributed by atoms with Crippen LogP contribution in [0.3, 0.4) is 0 Å². The molecule has 0 saturated carbocycles. The number of benzene rings is 2. The Kier molecular flexibility index (Phi) is 5.62. The average molecular weight is 432 g/mol. The van der Waals surface area contributed by atoms with Gasteiger partial charge in [0.1, 0.15) is 11.3 Å². The first-order chi connectivity index (χ1) is 16.2. The molecule has 0 fully saturated rings. The van der Waals surface area contributed by atoms with E-state index in [-0.39, 0.29) is 5.43 Å². The molecule has 1 heterocycles. The minimum atomic E-state index is -0.00528. The lowest BCUT2D eigenvalue weighted by molar-refractivity contribution is 0.719. The van der Waals surface area contributed by atoms with Crippen molar-refractivity contribution in [3.8, 4) is 6.07 Å². The Morgan fingerprint density at radius 3 is 2.61 bits per heavy atom. The van der Waals surface area contributed by atoms with Crippen molar-refractivity contribution in [3.63, 3.8) is 0 Å². The number of aryl methyl sites for hydroxylation is 3. The molecule has 1 aliphatic carbocycles. The van der Waals surface area contributed by atoms with E-state index in [4.69, 9.17) is 4.98 Å². The second-order valence-electron chi connectivity index (χ2n) is 8.52. The summed E-state index contributed by atoms with van der Waals surface area (Å²) in [5.41, 5.74) is 8.29. The van der Waals surface area contributed by atoms with Gasteiger partial charge in [0.2, 0.25) is 5.43 Å². The third-order valence-corrected chi connectivity index (χ3v) is 6.37. The first-order valence-electron chi connectivity index (χ1n) is 11.5. The van der Waals surface area contributed by atoms with Crippen LogP contribution < -0.4 is 5.43 Å². The molecule has 0 spiro atoms. The van der Waals surface area contributed by atoms with Crippen LogP contribution in [0.25, 0.3) is 16.6 Å². The maximum absolute atomic E-state index is 12.8. The summed E-state index contributed by atoms with van der Waals surface area (Å²) >= 11 is 0. The summed E-state index contributed by atoms with van der Waals surface area (Å²) in [7, 11) is 0. The second kappa shape index (κ2) is 8.88. The van der Waals surface area contributed by atoms with Crippen LogP contribution in [0, 0.1) is 11.3 Å². The number of nitrogens with zero attached hydrogens (tertiary/aromatic N) is 3.